The lowest BCUT2D eigenvalue weighted by Gasteiger charge is -2.22. The van der Waals surface area contributed by atoms with Gasteiger partial charge < -0.3 is 5.32 Å². The van der Waals surface area contributed by atoms with Crippen molar-refractivity contribution in [1.29, 1.82) is 0 Å². The zero-order valence-corrected chi connectivity index (χ0v) is 16.2. The van der Waals surface area contributed by atoms with Crippen LogP contribution in [0.2, 0.25) is 0 Å². The van der Waals surface area contributed by atoms with Crippen molar-refractivity contribution in [2.75, 3.05) is 6.54 Å². The van der Waals surface area contributed by atoms with Crippen molar-refractivity contribution in [3.05, 3.63) is 0 Å². The molecule has 0 aromatic carbocycles. The Bertz CT molecular complexity index is 220. The van der Waals surface area contributed by atoms with Gasteiger partial charge in [-0.3, -0.25) is 0 Å². The molecule has 0 bridgehead atoms. The SMILES string of the molecule is CCCCCCCCCCCCCCCCNC1CCCCC1. The smallest absolute Gasteiger partial charge is 0.00670 e. The van der Waals surface area contributed by atoms with E-state index < -0.39 is 0 Å². The molecule has 1 rings (SSSR count). The normalized spacial score (nSPS) is 16.0. The van der Waals surface area contributed by atoms with Gasteiger partial charge in [0.15, 0.2) is 0 Å². The number of nitrogens with one attached hydrogen (secondary N) is 1. The number of unbranched alkanes of at least 4 members (excludes halogenated alkanes) is 13. The van der Waals surface area contributed by atoms with Crippen LogP contribution in [0.25, 0.3) is 0 Å². The monoisotopic (exact) mass is 323 g/mol. The molecule has 23 heavy (non-hydrogen) atoms. The molecule has 1 fully saturated rings. The Morgan fingerprint density at radius 2 is 1.00 bits per heavy atom. The molecule has 0 atom stereocenters. The number of hydrogen-bond donors (Lipinski definition) is 1. The molecule has 0 heterocycles. The van der Waals surface area contributed by atoms with Crippen LogP contribution in [0.15, 0.2) is 0 Å². The molecule has 0 unspecified atom stereocenters. The molecule has 1 nitrogen and oxygen atoms in total. The summed E-state index contributed by atoms with van der Waals surface area (Å²) in [5, 5.41) is 3.76. The van der Waals surface area contributed by atoms with E-state index in [-0.39, 0.29) is 0 Å². The second-order valence-electron chi connectivity index (χ2n) is 7.89. The van der Waals surface area contributed by atoms with Crippen LogP contribution in [0.1, 0.15) is 129 Å². The largest absolute Gasteiger partial charge is 0.314 e. The minimum atomic E-state index is 0.853. The second kappa shape index (κ2) is 16.8. The summed E-state index contributed by atoms with van der Waals surface area (Å²) < 4.78 is 0. The lowest BCUT2D eigenvalue weighted by atomic mass is 9.95. The fourth-order valence-electron chi connectivity index (χ4n) is 3.93. The molecule has 1 aliphatic carbocycles. The minimum Gasteiger partial charge on any atom is -0.314 e. The minimum absolute atomic E-state index is 0.853. The standard InChI is InChI=1S/C22H45N/c1-2-3-4-5-6-7-8-9-10-11-12-13-14-18-21-23-22-19-16-15-17-20-22/h22-23H,2-21H2,1H3. The molecule has 0 aliphatic heterocycles. The Kier molecular flexibility index (Phi) is 15.3. The van der Waals surface area contributed by atoms with E-state index in [1.807, 2.05) is 0 Å². The fourth-order valence-corrected chi connectivity index (χ4v) is 3.93. The van der Waals surface area contributed by atoms with Crippen LogP contribution < -0.4 is 5.32 Å². The average molecular weight is 324 g/mol. The van der Waals surface area contributed by atoms with E-state index in [1.54, 1.807) is 0 Å². The molecule has 0 aromatic rings. The van der Waals surface area contributed by atoms with E-state index in [0.29, 0.717) is 0 Å². The summed E-state index contributed by atoms with van der Waals surface area (Å²) in [4.78, 5) is 0. The maximum atomic E-state index is 3.76. The van der Waals surface area contributed by atoms with E-state index in [0.717, 1.165) is 6.04 Å². The van der Waals surface area contributed by atoms with Gasteiger partial charge in [-0.05, 0) is 25.8 Å². The van der Waals surface area contributed by atoms with E-state index in [4.69, 9.17) is 0 Å². The van der Waals surface area contributed by atoms with Crippen molar-refractivity contribution >= 4 is 0 Å². The predicted octanol–water partition coefficient (Wildman–Crippen LogP) is 7.39. The highest BCUT2D eigenvalue weighted by molar-refractivity contribution is 4.71. The molecule has 138 valence electrons. The highest BCUT2D eigenvalue weighted by Crippen LogP contribution is 2.17. The van der Waals surface area contributed by atoms with Crippen molar-refractivity contribution in [1.82, 2.24) is 5.32 Å². The fraction of sp³-hybridized carbons (Fsp3) is 1.00. The molecule has 0 radical (unpaired) electrons. The van der Waals surface area contributed by atoms with E-state index in [9.17, 15) is 0 Å². The van der Waals surface area contributed by atoms with Crippen LogP contribution in [0, 0.1) is 0 Å². The predicted molar refractivity (Wildman–Crippen MR) is 105 cm³/mol. The van der Waals surface area contributed by atoms with Gasteiger partial charge >= 0.3 is 0 Å². The molecule has 1 aliphatic rings. The molecule has 1 saturated carbocycles. The molecular formula is C22H45N. The molecule has 0 saturated heterocycles. The lowest BCUT2D eigenvalue weighted by molar-refractivity contribution is 0.369. The van der Waals surface area contributed by atoms with Gasteiger partial charge in [-0.15, -0.1) is 0 Å². The topological polar surface area (TPSA) is 12.0 Å². The maximum absolute atomic E-state index is 3.76. The zero-order valence-electron chi connectivity index (χ0n) is 16.2. The highest BCUT2D eigenvalue weighted by Gasteiger charge is 2.11. The summed E-state index contributed by atoms with van der Waals surface area (Å²) in [6.07, 6.45) is 27.7. The van der Waals surface area contributed by atoms with Crippen LogP contribution in [0.4, 0.5) is 0 Å². The van der Waals surface area contributed by atoms with Gasteiger partial charge in [0.2, 0.25) is 0 Å². The quantitative estimate of drug-likeness (QED) is 0.292. The van der Waals surface area contributed by atoms with Gasteiger partial charge in [-0.25, -0.2) is 0 Å². The van der Waals surface area contributed by atoms with Crippen LogP contribution in [-0.2, 0) is 0 Å². The average Bonchev–Trinajstić information content (AvgIpc) is 2.59. The van der Waals surface area contributed by atoms with Gasteiger partial charge in [0.1, 0.15) is 0 Å². The van der Waals surface area contributed by atoms with Crippen LogP contribution in [0.3, 0.4) is 0 Å². The molecular weight excluding hydrogens is 278 g/mol. The second-order valence-corrected chi connectivity index (χ2v) is 7.89. The van der Waals surface area contributed by atoms with E-state index in [2.05, 4.69) is 12.2 Å². The van der Waals surface area contributed by atoms with Crippen molar-refractivity contribution < 1.29 is 0 Å². The summed E-state index contributed by atoms with van der Waals surface area (Å²) in [7, 11) is 0. The first-order chi connectivity index (χ1) is 11.4. The molecule has 1 N–H and O–H groups in total. The van der Waals surface area contributed by atoms with Crippen molar-refractivity contribution in [3.63, 3.8) is 0 Å². The van der Waals surface area contributed by atoms with Gasteiger partial charge in [0.25, 0.3) is 0 Å². The first-order valence-electron chi connectivity index (χ1n) is 11.2. The van der Waals surface area contributed by atoms with Gasteiger partial charge in [0, 0.05) is 6.04 Å². The third kappa shape index (κ3) is 14.0. The van der Waals surface area contributed by atoms with E-state index in [1.165, 1.54) is 129 Å². The number of hydrogen-bond acceptors (Lipinski definition) is 1. The van der Waals surface area contributed by atoms with Crippen molar-refractivity contribution in [2.45, 2.75) is 135 Å². The Morgan fingerprint density at radius 3 is 1.48 bits per heavy atom. The lowest BCUT2D eigenvalue weighted by Crippen LogP contribution is -2.31. The Balaban J connectivity index is 1.67. The summed E-state index contributed by atoms with van der Waals surface area (Å²) in [5.41, 5.74) is 0. The first-order valence-corrected chi connectivity index (χ1v) is 11.2. The molecule has 0 aromatic heterocycles. The highest BCUT2D eigenvalue weighted by atomic mass is 14.9. The first kappa shape index (κ1) is 21.0. The van der Waals surface area contributed by atoms with Gasteiger partial charge in [-0.2, -0.15) is 0 Å². The van der Waals surface area contributed by atoms with Crippen LogP contribution >= 0.6 is 0 Å². The van der Waals surface area contributed by atoms with Crippen LogP contribution in [0.5, 0.6) is 0 Å². The Morgan fingerprint density at radius 1 is 0.565 bits per heavy atom. The van der Waals surface area contributed by atoms with Crippen molar-refractivity contribution in [3.8, 4) is 0 Å². The molecule has 0 spiro atoms. The Labute approximate surface area is 147 Å². The maximum Gasteiger partial charge on any atom is 0.00670 e. The summed E-state index contributed by atoms with van der Waals surface area (Å²) >= 11 is 0. The number of rotatable bonds is 16. The summed E-state index contributed by atoms with van der Waals surface area (Å²) in [6.45, 7) is 3.57. The third-order valence-corrected chi connectivity index (χ3v) is 5.57. The van der Waals surface area contributed by atoms with Crippen LogP contribution in [-0.4, -0.2) is 12.6 Å². The van der Waals surface area contributed by atoms with Gasteiger partial charge in [-0.1, -0.05) is 110 Å². The molecule has 1 heteroatoms. The summed E-state index contributed by atoms with van der Waals surface area (Å²) in [5.74, 6) is 0. The van der Waals surface area contributed by atoms with E-state index >= 15 is 0 Å². The van der Waals surface area contributed by atoms with Crippen molar-refractivity contribution in [2.24, 2.45) is 0 Å². The van der Waals surface area contributed by atoms with Gasteiger partial charge in [0.05, 0.1) is 0 Å². The third-order valence-electron chi connectivity index (χ3n) is 5.57. The zero-order chi connectivity index (χ0) is 16.4. The summed E-state index contributed by atoms with van der Waals surface area (Å²) in [6, 6.07) is 0.853. The Hall–Kier alpha value is -0.0400. The molecule has 0 amide bonds.